The number of fused-ring (bicyclic) bond motifs is 1. The summed E-state index contributed by atoms with van der Waals surface area (Å²) in [6.45, 7) is 7.42. The first-order chi connectivity index (χ1) is 14.7. The predicted octanol–water partition coefficient (Wildman–Crippen LogP) is 3.04. The molecule has 0 bridgehead atoms. The Hall–Kier alpha value is -2.90. The molecule has 0 saturated carbocycles. The number of nitrogens with zero attached hydrogens (tertiary/aromatic N) is 4. The summed E-state index contributed by atoms with van der Waals surface area (Å²) in [5.41, 5.74) is 2.18. The Morgan fingerprint density at radius 3 is 2.57 bits per heavy atom. The Morgan fingerprint density at radius 1 is 1.10 bits per heavy atom. The van der Waals surface area contributed by atoms with Gasteiger partial charge in [0.15, 0.2) is 5.69 Å². The summed E-state index contributed by atoms with van der Waals surface area (Å²) < 4.78 is 13.0. The minimum absolute atomic E-state index is 0.105. The van der Waals surface area contributed by atoms with Gasteiger partial charge >= 0.3 is 0 Å². The van der Waals surface area contributed by atoms with Crippen molar-refractivity contribution in [3.63, 3.8) is 0 Å². The first-order valence-electron chi connectivity index (χ1n) is 10.4. The lowest BCUT2D eigenvalue weighted by Gasteiger charge is -2.26. The third-order valence-electron chi connectivity index (χ3n) is 5.52. The van der Waals surface area contributed by atoms with Crippen molar-refractivity contribution in [1.82, 2.24) is 14.7 Å². The van der Waals surface area contributed by atoms with Crippen LogP contribution in [0, 0.1) is 0 Å². The van der Waals surface area contributed by atoms with Gasteiger partial charge in [0.25, 0.3) is 5.91 Å². The van der Waals surface area contributed by atoms with Gasteiger partial charge in [-0.3, -0.25) is 14.4 Å². The molecule has 3 aromatic rings. The average Bonchev–Trinajstić information content (AvgIpc) is 3.18. The lowest BCUT2D eigenvalue weighted by atomic mass is 10.1. The number of carbonyl (C=O) groups excluding carboxylic acids is 1. The zero-order valence-electron chi connectivity index (χ0n) is 17.6. The largest absolute Gasteiger partial charge is 0.494 e. The van der Waals surface area contributed by atoms with Gasteiger partial charge in [-0.25, -0.2) is 0 Å². The lowest BCUT2D eigenvalue weighted by molar-refractivity contribution is 0.0361. The fraction of sp³-hybridized carbons (Fsp3) is 0.391. The predicted molar refractivity (Wildman–Crippen MR) is 117 cm³/mol. The van der Waals surface area contributed by atoms with Crippen LogP contribution in [0.2, 0.25) is 0 Å². The lowest BCUT2D eigenvalue weighted by Crippen LogP contribution is -2.38. The molecular formula is C23H28N4O3. The summed E-state index contributed by atoms with van der Waals surface area (Å²) in [6, 6.07) is 15.5. The number of carbonyl (C=O) groups is 1. The van der Waals surface area contributed by atoms with Crippen molar-refractivity contribution < 1.29 is 14.3 Å². The van der Waals surface area contributed by atoms with Crippen molar-refractivity contribution in [1.29, 1.82) is 0 Å². The number of para-hydroxylation sites is 2. The first kappa shape index (κ1) is 20.4. The van der Waals surface area contributed by atoms with Crippen molar-refractivity contribution >= 4 is 22.5 Å². The molecule has 0 N–H and O–H groups in total. The molecule has 0 spiro atoms. The van der Waals surface area contributed by atoms with E-state index in [0.29, 0.717) is 18.8 Å². The van der Waals surface area contributed by atoms with Gasteiger partial charge in [0.1, 0.15) is 11.3 Å². The molecule has 4 rings (SSSR count). The molecule has 1 aliphatic rings. The van der Waals surface area contributed by atoms with Crippen LogP contribution in [0.4, 0.5) is 5.69 Å². The maximum absolute atomic E-state index is 13.5. The Kier molecular flexibility index (Phi) is 6.30. The molecule has 1 saturated heterocycles. The number of morpholine rings is 1. The molecule has 1 aromatic heterocycles. The van der Waals surface area contributed by atoms with Crippen LogP contribution in [-0.2, 0) is 11.3 Å². The van der Waals surface area contributed by atoms with Crippen LogP contribution in [0.3, 0.4) is 0 Å². The van der Waals surface area contributed by atoms with Gasteiger partial charge in [-0.1, -0.05) is 30.3 Å². The summed E-state index contributed by atoms with van der Waals surface area (Å²) in [5.74, 6) is 0.621. The molecule has 1 aliphatic heterocycles. The number of ether oxygens (including phenoxy) is 2. The van der Waals surface area contributed by atoms with Crippen LogP contribution in [0.25, 0.3) is 10.9 Å². The van der Waals surface area contributed by atoms with E-state index < -0.39 is 0 Å². The minimum Gasteiger partial charge on any atom is -0.494 e. The van der Waals surface area contributed by atoms with Crippen LogP contribution in [0.1, 0.15) is 17.4 Å². The van der Waals surface area contributed by atoms with E-state index in [4.69, 9.17) is 14.6 Å². The molecule has 2 aromatic carbocycles. The summed E-state index contributed by atoms with van der Waals surface area (Å²) in [4.78, 5) is 17.6. The summed E-state index contributed by atoms with van der Waals surface area (Å²) in [7, 11) is 1.65. The fourth-order valence-electron chi connectivity index (χ4n) is 3.93. The topological polar surface area (TPSA) is 59.8 Å². The van der Waals surface area contributed by atoms with Crippen molar-refractivity contribution in [2.75, 3.05) is 51.4 Å². The Morgan fingerprint density at radius 2 is 1.87 bits per heavy atom. The number of anilines is 1. The molecule has 1 amide bonds. The highest BCUT2D eigenvalue weighted by Crippen LogP contribution is 2.29. The van der Waals surface area contributed by atoms with Gasteiger partial charge in [-0.2, -0.15) is 5.10 Å². The number of amides is 1. The fourth-order valence-corrected chi connectivity index (χ4v) is 3.93. The number of hydrogen-bond acceptors (Lipinski definition) is 5. The zero-order chi connectivity index (χ0) is 20.9. The first-order valence-corrected chi connectivity index (χ1v) is 10.4. The van der Waals surface area contributed by atoms with Crippen LogP contribution in [-0.4, -0.2) is 67.1 Å². The normalized spacial score (nSPS) is 14.7. The molecule has 7 nitrogen and oxygen atoms in total. The van der Waals surface area contributed by atoms with E-state index >= 15 is 0 Å². The number of aromatic nitrogens is 2. The SMILES string of the molecule is CCN(C(=O)c1nn(CCN2CCOCC2)c2c(OC)cccc12)c1ccccc1. The molecule has 1 fully saturated rings. The quantitative estimate of drug-likeness (QED) is 0.601. The minimum atomic E-state index is -0.105. The van der Waals surface area contributed by atoms with Gasteiger partial charge in [0, 0.05) is 37.3 Å². The molecule has 7 heteroatoms. The second-order valence-electron chi connectivity index (χ2n) is 7.27. The highest BCUT2D eigenvalue weighted by atomic mass is 16.5. The summed E-state index contributed by atoms with van der Waals surface area (Å²) >= 11 is 0. The van der Waals surface area contributed by atoms with Gasteiger partial charge in [-0.15, -0.1) is 0 Å². The number of rotatable bonds is 7. The Balaban J connectivity index is 1.70. The monoisotopic (exact) mass is 408 g/mol. The van der Waals surface area contributed by atoms with E-state index in [-0.39, 0.29) is 5.91 Å². The van der Waals surface area contributed by atoms with E-state index in [1.807, 2.05) is 60.1 Å². The standard InChI is InChI=1S/C23H28N4O3/c1-3-26(18-8-5-4-6-9-18)23(28)21-19-10-7-11-20(29-2)22(19)27(24-21)13-12-25-14-16-30-17-15-25/h4-11H,3,12-17H2,1-2H3. The number of methoxy groups -OCH3 is 1. The summed E-state index contributed by atoms with van der Waals surface area (Å²) in [5, 5.41) is 5.58. The molecule has 0 aliphatic carbocycles. The third kappa shape index (κ3) is 4.04. The molecule has 0 radical (unpaired) electrons. The van der Waals surface area contributed by atoms with E-state index in [1.165, 1.54) is 0 Å². The van der Waals surface area contributed by atoms with Crippen LogP contribution in [0.5, 0.6) is 5.75 Å². The van der Waals surface area contributed by atoms with Crippen molar-refractivity contribution in [2.24, 2.45) is 0 Å². The van der Waals surface area contributed by atoms with E-state index in [9.17, 15) is 4.79 Å². The van der Waals surface area contributed by atoms with E-state index in [2.05, 4.69) is 4.90 Å². The van der Waals surface area contributed by atoms with Crippen molar-refractivity contribution in [3.05, 3.63) is 54.2 Å². The van der Waals surface area contributed by atoms with E-state index in [0.717, 1.165) is 55.2 Å². The van der Waals surface area contributed by atoms with Gasteiger partial charge in [0.05, 0.1) is 26.9 Å². The van der Waals surface area contributed by atoms with Gasteiger partial charge in [-0.05, 0) is 25.1 Å². The van der Waals surface area contributed by atoms with Gasteiger partial charge < -0.3 is 14.4 Å². The van der Waals surface area contributed by atoms with Crippen molar-refractivity contribution in [3.8, 4) is 5.75 Å². The number of benzene rings is 2. The highest BCUT2D eigenvalue weighted by Gasteiger charge is 2.25. The average molecular weight is 409 g/mol. The molecule has 2 heterocycles. The molecular weight excluding hydrogens is 380 g/mol. The second kappa shape index (κ2) is 9.28. The highest BCUT2D eigenvalue weighted by molar-refractivity contribution is 6.13. The summed E-state index contributed by atoms with van der Waals surface area (Å²) in [6.07, 6.45) is 0. The molecule has 0 atom stereocenters. The maximum Gasteiger partial charge on any atom is 0.279 e. The Labute approximate surface area is 176 Å². The zero-order valence-corrected chi connectivity index (χ0v) is 17.6. The smallest absolute Gasteiger partial charge is 0.279 e. The Bertz CT molecular complexity index is 996. The van der Waals surface area contributed by atoms with Crippen LogP contribution in [0.15, 0.2) is 48.5 Å². The third-order valence-corrected chi connectivity index (χ3v) is 5.52. The van der Waals surface area contributed by atoms with Crippen LogP contribution < -0.4 is 9.64 Å². The molecule has 158 valence electrons. The second-order valence-corrected chi connectivity index (χ2v) is 7.27. The molecule has 30 heavy (non-hydrogen) atoms. The maximum atomic E-state index is 13.5. The van der Waals surface area contributed by atoms with E-state index in [1.54, 1.807) is 12.0 Å². The van der Waals surface area contributed by atoms with Crippen LogP contribution >= 0.6 is 0 Å². The van der Waals surface area contributed by atoms with Crippen molar-refractivity contribution in [2.45, 2.75) is 13.5 Å². The van der Waals surface area contributed by atoms with Gasteiger partial charge in [0.2, 0.25) is 0 Å². The number of hydrogen-bond donors (Lipinski definition) is 0. The molecule has 0 unspecified atom stereocenters.